The van der Waals surface area contributed by atoms with E-state index in [2.05, 4.69) is 20.6 Å². The Morgan fingerprint density at radius 1 is 1.09 bits per heavy atom. The maximum atomic E-state index is 12.1. The molecule has 1 aromatic heterocycles. The van der Waals surface area contributed by atoms with E-state index in [9.17, 15) is 9.59 Å². The SMILES string of the molecule is Cc1cc(C)nc(N/C=C(\NC(=O)c2ccccc2)C(N)=O)n1. The summed E-state index contributed by atoms with van der Waals surface area (Å²) < 4.78 is 0. The number of nitrogens with zero attached hydrogens (tertiary/aromatic N) is 2. The third kappa shape index (κ3) is 4.63. The highest BCUT2D eigenvalue weighted by molar-refractivity contribution is 6.02. The van der Waals surface area contributed by atoms with E-state index in [-0.39, 0.29) is 5.70 Å². The van der Waals surface area contributed by atoms with Gasteiger partial charge in [0.05, 0.1) is 0 Å². The number of nitrogens with two attached hydrogens (primary N) is 1. The molecule has 4 N–H and O–H groups in total. The smallest absolute Gasteiger partial charge is 0.266 e. The van der Waals surface area contributed by atoms with Gasteiger partial charge in [0.15, 0.2) is 0 Å². The number of anilines is 1. The minimum Gasteiger partial charge on any atom is -0.364 e. The topological polar surface area (TPSA) is 110 Å². The molecule has 0 radical (unpaired) electrons. The predicted molar refractivity (Wildman–Crippen MR) is 86.3 cm³/mol. The van der Waals surface area contributed by atoms with Gasteiger partial charge in [-0.2, -0.15) is 0 Å². The van der Waals surface area contributed by atoms with Crippen LogP contribution < -0.4 is 16.4 Å². The van der Waals surface area contributed by atoms with Gasteiger partial charge in [-0.15, -0.1) is 0 Å². The van der Waals surface area contributed by atoms with E-state index in [0.717, 1.165) is 11.4 Å². The lowest BCUT2D eigenvalue weighted by atomic mass is 10.2. The Labute approximate surface area is 133 Å². The molecule has 1 heterocycles. The molecule has 2 amide bonds. The zero-order chi connectivity index (χ0) is 16.8. The van der Waals surface area contributed by atoms with E-state index in [1.807, 2.05) is 19.9 Å². The maximum Gasteiger partial charge on any atom is 0.266 e. The molecule has 0 aliphatic carbocycles. The Morgan fingerprint density at radius 2 is 1.70 bits per heavy atom. The summed E-state index contributed by atoms with van der Waals surface area (Å²) in [5.41, 5.74) is 7.18. The first-order chi connectivity index (χ1) is 11.0. The predicted octanol–water partition coefficient (Wildman–Crippen LogP) is 1.26. The lowest BCUT2D eigenvalue weighted by Gasteiger charge is -2.08. The van der Waals surface area contributed by atoms with Gasteiger partial charge in [-0.25, -0.2) is 9.97 Å². The Bertz CT molecular complexity index is 736. The molecule has 23 heavy (non-hydrogen) atoms. The normalized spacial score (nSPS) is 11.0. The highest BCUT2D eigenvalue weighted by Gasteiger charge is 2.11. The van der Waals surface area contributed by atoms with Gasteiger partial charge in [0.25, 0.3) is 11.8 Å². The van der Waals surface area contributed by atoms with Crippen molar-refractivity contribution in [3.05, 3.63) is 65.2 Å². The quantitative estimate of drug-likeness (QED) is 0.720. The molecule has 0 spiro atoms. The number of hydrogen-bond donors (Lipinski definition) is 3. The zero-order valence-electron chi connectivity index (χ0n) is 12.8. The molecule has 0 aliphatic heterocycles. The first-order valence-electron chi connectivity index (χ1n) is 6.91. The third-order valence-electron chi connectivity index (χ3n) is 2.88. The Hall–Kier alpha value is -3.22. The van der Waals surface area contributed by atoms with Crippen LogP contribution in [0.1, 0.15) is 21.7 Å². The fourth-order valence-corrected chi connectivity index (χ4v) is 1.88. The van der Waals surface area contributed by atoms with E-state index in [1.165, 1.54) is 6.20 Å². The summed E-state index contributed by atoms with van der Waals surface area (Å²) in [5, 5.41) is 5.23. The van der Waals surface area contributed by atoms with Crippen LogP contribution in [0.2, 0.25) is 0 Å². The number of aromatic nitrogens is 2. The Kier molecular flexibility index (Phi) is 5.03. The average Bonchev–Trinajstić information content (AvgIpc) is 2.50. The number of hydrogen-bond acceptors (Lipinski definition) is 5. The molecule has 0 saturated heterocycles. The summed E-state index contributed by atoms with van der Waals surface area (Å²) in [5.74, 6) is -0.889. The van der Waals surface area contributed by atoms with Crippen LogP contribution in [0, 0.1) is 13.8 Å². The number of carbonyl (C=O) groups is 2. The van der Waals surface area contributed by atoms with Gasteiger partial charge in [-0.3, -0.25) is 9.59 Å². The average molecular weight is 311 g/mol. The van der Waals surface area contributed by atoms with Crippen molar-refractivity contribution >= 4 is 17.8 Å². The van der Waals surface area contributed by atoms with Crippen LogP contribution in [0.25, 0.3) is 0 Å². The second-order valence-corrected chi connectivity index (χ2v) is 4.86. The largest absolute Gasteiger partial charge is 0.364 e. The molecule has 1 aromatic carbocycles. The van der Waals surface area contributed by atoms with Crippen LogP contribution in [0.5, 0.6) is 0 Å². The summed E-state index contributed by atoms with van der Waals surface area (Å²) in [4.78, 5) is 31.9. The molecule has 0 bridgehead atoms. The first kappa shape index (κ1) is 16.2. The minimum absolute atomic E-state index is 0.0818. The molecular formula is C16H17N5O2. The van der Waals surface area contributed by atoms with Crippen molar-refractivity contribution in [1.82, 2.24) is 15.3 Å². The van der Waals surface area contributed by atoms with Crippen LogP contribution in [-0.4, -0.2) is 21.8 Å². The van der Waals surface area contributed by atoms with E-state index < -0.39 is 11.8 Å². The second-order valence-electron chi connectivity index (χ2n) is 4.86. The summed E-state index contributed by atoms with van der Waals surface area (Å²) in [6.45, 7) is 3.66. The van der Waals surface area contributed by atoms with Crippen LogP contribution in [-0.2, 0) is 4.79 Å². The molecule has 0 aliphatic rings. The minimum atomic E-state index is -0.772. The molecule has 2 aromatic rings. The van der Waals surface area contributed by atoms with Gasteiger partial charge in [-0.05, 0) is 32.0 Å². The molecule has 0 saturated carbocycles. The number of primary amides is 1. The molecule has 118 valence electrons. The van der Waals surface area contributed by atoms with Gasteiger partial charge >= 0.3 is 0 Å². The number of benzene rings is 1. The van der Waals surface area contributed by atoms with E-state index in [0.29, 0.717) is 11.5 Å². The van der Waals surface area contributed by atoms with Gasteiger partial charge in [0.2, 0.25) is 5.95 Å². The molecular weight excluding hydrogens is 294 g/mol. The fourth-order valence-electron chi connectivity index (χ4n) is 1.88. The van der Waals surface area contributed by atoms with E-state index in [4.69, 9.17) is 5.73 Å². The van der Waals surface area contributed by atoms with Crippen LogP contribution >= 0.6 is 0 Å². The van der Waals surface area contributed by atoms with E-state index >= 15 is 0 Å². The van der Waals surface area contributed by atoms with Gasteiger partial charge < -0.3 is 16.4 Å². The van der Waals surface area contributed by atoms with Crippen molar-refractivity contribution in [2.75, 3.05) is 5.32 Å². The second kappa shape index (κ2) is 7.17. The number of nitrogens with one attached hydrogen (secondary N) is 2. The molecule has 0 atom stereocenters. The maximum absolute atomic E-state index is 12.1. The number of amides is 2. The monoisotopic (exact) mass is 311 g/mol. The molecule has 7 heteroatoms. The van der Waals surface area contributed by atoms with Crippen molar-refractivity contribution in [1.29, 1.82) is 0 Å². The summed E-state index contributed by atoms with van der Waals surface area (Å²) >= 11 is 0. The van der Waals surface area contributed by atoms with Gasteiger partial charge in [-0.1, -0.05) is 18.2 Å². The fraction of sp³-hybridized carbons (Fsp3) is 0.125. The van der Waals surface area contributed by atoms with Gasteiger partial charge in [0.1, 0.15) is 5.70 Å². The number of carbonyl (C=O) groups excluding carboxylic acids is 2. The Balaban J connectivity index is 2.15. The van der Waals surface area contributed by atoms with Gasteiger partial charge in [0, 0.05) is 23.2 Å². The third-order valence-corrected chi connectivity index (χ3v) is 2.88. The van der Waals surface area contributed by atoms with E-state index in [1.54, 1.807) is 30.3 Å². The highest BCUT2D eigenvalue weighted by atomic mass is 16.2. The summed E-state index contributed by atoms with van der Waals surface area (Å²) in [7, 11) is 0. The highest BCUT2D eigenvalue weighted by Crippen LogP contribution is 2.05. The lowest BCUT2D eigenvalue weighted by Crippen LogP contribution is -2.31. The van der Waals surface area contributed by atoms with Crippen LogP contribution in [0.15, 0.2) is 48.3 Å². The molecule has 2 rings (SSSR count). The van der Waals surface area contributed by atoms with Crippen molar-refractivity contribution in [2.45, 2.75) is 13.8 Å². The molecule has 7 nitrogen and oxygen atoms in total. The Morgan fingerprint density at radius 3 is 2.26 bits per heavy atom. The summed E-state index contributed by atoms with van der Waals surface area (Å²) in [6.07, 6.45) is 1.28. The summed E-state index contributed by atoms with van der Waals surface area (Å²) in [6, 6.07) is 10.3. The standard InChI is InChI=1S/C16H17N5O2/c1-10-8-11(2)20-16(19-10)18-9-13(14(17)22)21-15(23)12-6-4-3-5-7-12/h3-9H,1-2H3,(H2,17,22)(H,21,23)(H,18,19,20)/b13-9-. The van der Waals surface area contributed by atoms with Crippen molar-refractivity contribution in [3.63, 3.8) is 0 Å². The molecule has 0 unspecified atom stereocenters. The van der Waals surface area contributed by atoms with Crippen LogP contribution in [0.3, 0.4) is 0 Å². The van der Waals surface area contributed by atoms with Crippen molar-refractivity contribution in [3.8, 4) is 0 Å². The lowest BCUT2D eigenvalue weighted by molar-refractivity contribution is -0.114. The van der Waals surface area contributed by atoms with Crippen molar-refractivity contribution in [2.24, 2.45) is 5.73 Å². The number of aryl methyl sites for hydroxylation is 2. The molecule has 0 fully saturated rings. The van der Waals surface area contributed by atoms with Crippen LogP contribution in [0.4, 0.5) is 5.95 Å². The van der Waals surface area contributed by atoms with Crippen molar-refractivity contribution < 1.29 is 9.59 Å². The number of rotatable bonds is 5. The zero-order valence-corrected chi connectivity index (χ0v) is 12.8. The first-order valence-corrected chi connectivity index (χ1v) is 6.91.